The molecule has 0 bridgehead atoms. The van der Waals surface area contributed by atoms with Gasteiger partial charge in [0.2, 0.25) is 6.79 Å². The molecule has 1 amide bonds. The number of nitrogens with one attached hydrogen (secondary N) is 1. The second-order valence-corrected chi connectivity index (χ2v) is 7.45. The molecular weight excluding hydrogens is 296 g/mol. The molecule has 2 aliphatic rings. The summed E-state index contributed by atoms with van der Waals surface area (Å²) in [5.74, 6) is 0.733. The molecule has 7 nitrogen and oxygen atoms in total. The highest BCUT2D eigenvalue weighted by Crippen LogP contribution is 2.35. The average Bonchev–Trinajstić information content (AvgIpc) is 2.83. The second kappa shape index (κ2) is 5.10. The van der Waals surface area contributed by atoms with Crippen LogP contribution in [0.2, 0.25) is 0 Å². The van der Waals surface area contributed by atoms with Crippen LogP contribution >= 0.6 is 0 Å². The van der Waals surface area contributed by atoms with Gasteiger partial charge in [0.15, 0.2) is 21.3 Å². The molecule has 0 aromatic heterocycles. The van der Waals surface area contributed by atoms with Crippen molar-refractivity contribution in [3.8, 4) is 11.5 Å². The van der Waals surface area contributed by atoms with Gasteiger partial charge in [-0.1, -0.05) is 0 Å². The lowest BCUT2D eigenvalue weighted by Crippen LogP contribution is -2.43. The molecule has 0 radical (unpaired) electrons. The van der Waals surface area contributed by atoms with Crippen LogP contribution in [0.25, 0.3) is 0 Å². The van der Waals surface area contributed by atoms with Gasteiger partial charge in [-0.25, -0.2) is 8.42 Å². The van der Waals surface area contributed by atoms with Crippen molar-refractivity contribution in [2.45, 2.75) is 18.9 Å². The van der Waals surface area contributed by atoms with E-state index in [1.54, 1.807) is 0 Å². The Labute approximate surface area is 122 Å². The standard InChI is InChI=1S/C13H16N2O5S/c14-10-5-12-11(19-7-20-12)4-9(10)13(16)15-8-2-1-3-21(17,18)6-8/h4-5,8H,1-3,6-7,14H2,(H,15,16). The van der Waals surface area contributed by atoms with Gasteiger partial charge < -0.3 is 20.5 Å². The lowest BCUT2D eigenvalue weighted by molar-refractivity contribution is 0.0938. The Kier molecular flexibility index (Phi) is 3.40. The van der Waals surface area contributed by atoms with E-state index in [0.717, 1.165) is 0 Å². The molecular formula is C13H16N2O5S. The molecule has 2 aliphatic heterocycles. The van der Waals surface area contributed by atoms with Gasteiger partial charge in [-0.3, -0.25) is 4.79 Å². The van der Waals surface area contributed by atoms with Crippen LogP contribution in [0.15, 0.2) is 12.1 Å². The number of benzene rings is 1. The summed E-state index contributed by atoms with van der Waals surface area (Å²) in [6.45, 7) is 0.0979. The first-order valence-corrected chi connectivity index (χ1v) is 8.47. The van der Waals surface area contributed by atoms with Crippen LogP contribution in [0.3, 0.4) is 0 Å². The van der Waals surface area contributed by atoms with E-state index in [1.807, 2.05) is 0 Å². The van der Waals surface area contributed by atoms with Gasteiger partial charge in [0.05, 0.1) is 17.1 Å². The molecule has 1 aromatic rings. The smallest absolute Gasteiger partial charge is 0.253 e. The summed E-state index contributed by atoms with van der Waals surface area (Å²) in [5, 5.41) is 2.73. The number of fused-ring (bicyclic) bond motifs is 1. The average molecular weight is 312 g/mol. The van der Waals surface area contributed by atoms with Crippen molar-refractivity contribution in [3.05, 3.63) is 17.7 Å². The highest BCUT2D eigenvalue weighted by atomic mass is 32.2. The first-order chi connectivity index (χ1) is 9.94. The molecule has 1 saturated heterocycles. The molecule has 3 N–H and O–H groups in total. The molecule has 1 unspecified atom stereocenters. The van der Waals surface area contributed by atoms with Gasteiger partial charge in [0.1, 0.15) is 0 Å². The molecule has 1 aromatic carbocycles. The number of ether oxygens (including phenoxy) is 2. The molecule has 114 valence electrons. The van der Waals surface area contributed by atoms with Crippen LogP contribution in [0.4, 0.5) is 5.69 Å². The summed E-state index contributed by atoms with van der Waals surface area (Å²) in [6, 6.07) is 2.68. The van der Waals surface area contributed by atoms with E-state index in [4.69, 9.17) is 15.2 Å². The van der Waals surface area contributed by atoms with Gasteiger partial charge in [-0.05, 0) is 18.9 Å². The van der Waals surface area contributed by atoms with Crippen molar-refractivity contribution in [2.24, 2.45) is 0 Å². The van der Waals surface area contributed by atoms with Crippen molar-refractivity contribution in [3.63, 3.8) is 0 Å². The lowest BCUT2D eigenvalue weighted by Gasteiger charge is -2.23. The van der Waals surface area contributed by atoms with Crippen LogP contribution in [-0.2, 0) is 9.84 Å². The monoisotopic (exact) mass is 312 g/mol. The van der Waals surface area contributed by atoms with E-state index >= 15 is 0 Å². The minimum absolute atomic E-state index is 0.0246. The minimum Gasteiger partial charge on any atom is -0.454 e. The Balaban J connectivity index is 1.77. The number of rotatable bonds is 2. The summed E-state index contributed by atoms with van der Waals surface area (Å²) in [5.41, 5.74) is 6.38. The van der Waals surface area contributed by atoms with Gasteiger partial charge in [0, 0.05) is 17.8 Å². The molecule has 21 heavy (non-hydrogen) atoms. The highest BCUT2D eigenvalue weighted by molar-refractivity contribution is 7.91. The predicted octanol–water partition coefficient (Wildman–Crippen LogP) is 0.304. The van der Waals surface area contributed by atoms with Crippen molar-refractivity contribution in [1.82, 2.24) is 5.32 Å². The van der Waals surface area contributed by atoms with Gasteiger partial charge in [0.25, 0.3) is 5.91 Å². The van der Waals surface area contributed by atoms with Crippen LogP contribution in [0.1, 0.15) is 23.2 Å². The summed E-state index contributed by atoms with van der Waals surface area (Å²) < 4.78 is 33.6. The fourth-order valence-electron chi connectivity index (χ4n) is 2.55. The minimum atomic E-state index is -3.07. The summed E-state index contributed by atoms with van der Waals surface area (Å²) >= 11 is 0. The molecule has 0 saturated carbocycles. The third-order valence-electron chi connectivity index (χ3n) is 3.59. The predicted molar refractivity (Wildman–Crippen MR) is 76.1 cm³/mol. The summed E-state index contributed by atoms with van der Waals surface area (Å²) in [4.78, 5) is 12.3. The molecule has 1 atom stereocenters. The fraction of sp³-hybridized carbons (Fsp3) is 0.462. The maximum atomic E-state index is 12.3. The number of hydrogen-bond acceptors (Lipinski definition) is 6. The first kappa shape index (κ1) is 14.0. The topological polar surface area (TPSA) is 108 Å². The zero-order valence-electron chi connectivity index (χ0n) is 11.3. The zero-order valence-corrected chi connectivity index (χ0v) is 12.1. The number of carbonyl (C=O) groups excluding carboxylic acids is 1. The van der Waals surface area contributed by atoms with Crippen molar-refractivity contribution in [1.29, 1.82) is 0 Å². The zero-order chi connectivity index (χ0) is 15.0. The summed E-state index contributed by atoms with van der Waals surface area (Å²) in [7, 11) is -3.07. The lowest BCUT2D eigenvalue weighted by atomic mass is 10.1. The number of carbonyl (C=O) groups is 1. The van der Waals surface area contributed by atoms with Crippen LogP contribution in [0, 0.1) is 0 Å². The van der Waals surface area contributed by atoms with Crippen molar-refractivity contribution < 1.29 is 22.7 Å². The maximum absolute atomic E-state index is 12.3. The van der Waals surface area contributed by atoms with E-state index in [9.17, 15) is 13.2 Å². The van der Waals surface area contributed by atoms with Gasteiger partial charge >= 0.3 is 0 Å². The Morgan fingerprint density at radius 2 is 2.00 bits per heavy atom. The van der Waals surface area contributed by atoms with E-state index < -0.39 is 15.7 Å². The number of amides is 1. The molecule has 1 fully saturated rings. The SMILES string of the molecule is Nc1cc2c(cc1C(=O)NC1CCCS(=O)(=O)C1)OCO2. The van der Waals surface area contributed by atoms with Gasteiger partial charge in [-0.2, -0.15) is 0 Å². The molecule has 0 spiro atoms. The molecule has 0 aliphatic carbocycles. The number of hydrogen-bond donors (Lipinski definition) is 2. The molecule has 8 heteroatoms. The molecule has 2 heterocycles. The quantitative estimate of drug-likeness (QED) is 0.761. The highest BCUT2D eigenvalue weighted by Gasteiger charge is 2.27. The number of sulfone groups is 1. The van der Waals surface area contributed by atoms with Crippen molar-refractivity contribution in [2.75, 3.05) is 24.0 Å². The second-order valence-electron chi connectivity index (χ2n) is 5.22. The third kappa shape index (κ3) is 2.90. The third-order valence-corrected chi connectivity index (χ3v) is 5.41. The van der Waals surface area contributed by atoms with Gasteiger partial charge in [-0.15, -0.1) is 0 Å². The Morgan fingerprint density at radius 3 is 2.71 bits per heavy atom. The molecule has 3 rings (SSSR count). The Morgan fingerprint density at radius 1 is 1.29 bits per heavy atom. The summed E-state index contributed by atoms with van der Waals surface area (Å²) in [6.07, 6.45) is 1.21. The van der Waals surface area contributed by atoms with Crippen molar-refractivity contribution >= 4 is 21.4 Å². The fourth-order valence-corrected chi connectivity index (χ4v) is 4.19. The largest absolute Gasteiger partial charge is 0.454 e. The normalized spacial score (nSPS) is 22.8. The van der Waals surface area contributed by atoms with E-state index in [2.05, 4.69) is 5.32 Å². The Hall–Kier alpha value is -1.96. The Bertz CT molecular complexity index is 686. The number of anilines is 1. The van der Waals surface area contributed by atoms with Crippen LogP contribution in [-0.4, -0.2) is 38.7 Å². The van der Waals surface area contributed by atoms with E-state index in [-0.39, 0.29) is 35.6 Å². The number of nitrogens with two attached hydrogens (primary N) is 1. The number of nitrogen functional groups attached to an aromatic ring is 1. The van der Waals surface area contributed by atoms with E-state index in [1.165, 1.54) is 12.1 Å². The van der Waals surface area contributed by atoms with Crippen LogP contribution in [0.5, 0.6) is 11.5 Å². The maximum Gasteiger partial charge on any atom is 0.253 e. The van der Waals surface area contributed by atoms with E-state index in [0.29, 0.717) is 24.3 Å². The van der Waals surface area contributed by atoms with Crippen LogP contribution < -0.4 is 20.5 Å². The first-order valence-electron chi connectivity index (χ1n) is 6.65.